The van der Waals surface area contributed by atoms with E-state index >= 15 is 0 Å². The second-order valence-electron chi connectivity index (χ2n) is 14.4. The molecular weight excluding hydrogens is 649 g/mol. The third-order valence-corrected chi connectivity index (χ3v) is 10.4. The largest absolute Gasteiger partial charge is 0.457 e. The number of nitrogens with zero attached hydrogens (tertiary/aromatic N) is 4. The van der Waals surface area contributed by atoms with Crippen molar-refractivity contribution in [3.8, 4) is 34.3 Å². The lowest BCUT2D eigenvalue weighted by atomic mass is 9.94. The van der Waals surface area contributed by atoms with Gasteiger partial charge in [-0.2, -0.15) is 0 Å². The number of ether oxygens (including phenoxy) is 1. The molecule has 0 atom stereocenters. The minimum atomic E-state index is -0.876. The van der Waals surface area contributed by atoms with E-state index in [0.29, 0.717) is 5.75 Å². The number of rotatable bonds is 7. The Morgan fingerprint density at radius 1 is 0.566 bits per heavy atom. The summed E-state index contributed by atoms with van der Waals surface area (Å²) in [6, 6.07) is 41.2. The number of benzene rings is 5. The maximum atomic E-state index is 9.30. The molecule has 0 amide bonds. The summed E-state index contributed by atoms with van der Waals surface area (Å²) in [4.78, 5) is 9.54. The number of hydrogen-bond donors (Lipinski definition) is 0. The number of fused-ring (bicyclic) bond motifs is 6. The maximum absolute atomic E-state index is 9.30. The second-order valence-corrected chi connectivity index (χ2v) is 14.4. The molecule has 4 aromatic heterocycles. The Balaban J connectivity index is 1.28. The summed E-state index contributed by atoms with van der Waals surface area (Å²) >= 11 is 0. The summed E-state index contributed by atoms with van der Waals surface area (Å²) in [6.45, 7) is 12.1. The van der Waals surface area contributed by atoms with Crippen LogP contribution in [0.3, 0.4) is 0 Å². The monoisotopic (exact) mass is 692 g/mol. The van der Waals surface area contributed by atoms with Crippen molar-refractivity contribution in [1.29, 1.82) is 0 Å². The van der Waals surface area contributed by atoms with Gasteiger partial charge in [0.05, 0.1) is 33.4 Å². The van der Waals surface area contributed by atoms with E-state index in [9.17, 15) is 2.74 Å². The zero-order valence-corrected chi connectivity index (χ0v) is 30.9. The molecule has 5 heteroatoms. The first kappa shape index (κ1) is 30.4. The van der Waals surface area contributed by atoms with Crippen LogP contribution in [0.1, 0.15) is 64.5 Å². The van der Waals surface area contributed by atoms with E-state index < -0.39 is 11.8 Å². The molecule has 0 saturated carbocycles. The predicted molar refractivity (Wildman–Crippen MR) is 220 cm³/mol. The summed E-state index contributed by atoms with van der Waals surface area (Å²) in [6.07, 6.45) is 3.67. The van der Waals surface area contributed by atoms with Gasteiger partial charge in [0.15, 0.2) is 0 Å². The topological polar surface area (TPSA) is 44.9 Å². The normalized spacial score (nSPS) is 12.9. The van der Waals surface area contributed by atoms with Crippen molar-refractivity contribution in [1.82, 2.24) is 19.1 Å². The molecule has 5 nitrogen and oxygen atoms in total. The molecule has 0 saturated heterocycles. The van der Waals surface area contributed by atoms with Crippen LogP contribution >= 0.6 is 0 Å². The molecule has 9 aromatic rings. The smallest absolute Gasteiger partial charge is 0.139 e. The van der Waals surface area contributed by atoms with Gasteiger partial charge in [-0.3, -0.25) is 9.55 Å². The molecule has 0 aliphatic rings. The summed E-state index contributed by atoms with van der Waals surface area (Å²) in [5, 5.41) is 4.46. The van der Waals surface area contributed by atoms with Crippen LogP contribution in [-0.2, 0) is 0 Å². The van der Waals surface area contributed by atoms with Crippen LogP contribution in [-0.4, -0.2) is 19.1 Å². The zero-order chi connectivity index (χ0) is 38.2. The van der Waals surface area contributed by atoms with Crippen molar-refractivity contribution in [2.24, 2.45) is 0 Å². The van der Waals surface area contributed by atoms with Crippen molar-refractivity contribution >= 4 is 43.6 Å². The molecule has 0 fully saturated rings. The highest BCUT2D eigenvalue weighted by atomic mass is 16.5. The zero-order valence-electron chi connectivity index (χ0n) is 32.9. The standard InChI is InChI=1S/C48H42N4O/c1-29(2)37-20-17-31(5)45-46-32(6)18-21-38(30(3)4)48(46)51(47(37)45)34-23-25-50-44(27-34)52-42-16-8-7-14-39(42)40-22-19-36(28-43(40)52)53-35-13-11-12-33(26-35)41-15-9-10-24-49-41/h7-30H,1-6H3/i29D,30D. The lowest BCUT2D eigenvalue weighted by Gasteiger charge is -2.17. The van der Waals surface area contributed by atoms with Crippen LogP contribution in [0.15, 0.2) is 134 Å². The molecule has 0 radical (unpaired) electrons. The summed E-state index contributed by atoms with van der Waals surface area (Å²) in [5.74, 6) is 0.441. The van der Waals surface area contributed by atoms with E-state index in [0.717, 1.165) is 94.4 Å². The first-order chi connectivity index (χ1) is 26.4. The van der Waals surface area contributed by atoms with Crippen LogP contribution in [0.2, 0.25) is 0 Å². The Morgan fingerprint density at radius 3 is 1.94 bits per heavy atom. The third-order valence-electron chi connectivity index (χ3n) is 10.4. The lowest BCUT2D eigenvalue weighted by Crippen LogP contribution is -2.04. The molecule has 4 heterocycles. The molecule has 0 N–H and O–H groups in total. The Kier molecular flexibility index (Phi) is 7.34. The second kappa shape index (κ2) is 12.8. The molecule has 0 aliphatic carbocycles. The summed E-state index contributed by atoms with van der Waals surface area (Å²) in [5.41, 5.74) is 10.9. The first-order valence-electron chi connectivity index (χ1n) is 19.2. The highest BCUT2D eigenvalue weighted by molar-refractivity contribution is 6.14. The van der Waals surface area contributed by atoms with Crippen LogP contribution in [0.4, 0.5) is 0 Å². The molecule has 0 spiro atoms. The van der Waals surface area contributed by atoms with Crippen molar-refractivity contribution in [3.63, 3.8) is 0 Å². The lowest BCUT2D eigenvalue weighted by molar-refractivity contribution is 0.483. The number of hydrogen-bond acceptors (Lipinski definition) is 3. The third kappa shape index (κ3) is 5.38. The molecule has 9 rings (SSSR count). The van der Waals surface area contributed by atoms with Gasteiger partial charge in [-0.15, -0.1) is 0 Å². The van der Waals surface area contributed by atoms with Crippen molar-refractivity contribution in [3.05, 3.63) is 156 Å². The van der Waals surface area contributed by atoms with Gasteiger partial charge in [-0.05, 0) is 96.4 Å². The van der Waals surface area contributed by atoms with Crippen molar-refractivity contribution in [2.45, 2.75) is 53.3 Å². The van der Waals surface area contributed by atoms with Gasteiger partial charge in [0.2, 0.25) is 0 Å². The minimum absolute atomic E-state index is 0.712. The number of aryl methyl sites for hydroxylation is 2. The molecule has 0 unspecified atom stereocenters. The fourth-order valence-electron chi connectivity index (χ4n) is 7.97. The van der Waals surface area contributed by atoms with E-state index in [2.05, 4.69) is 94.7 Å². The van der Waals surface area contributed by atoms with E-state index in [4.69, 9.17) is 9.72 Å². The highest BCUT2D eigenvalue weighted by Crippen LogP contribution is 2.43. The molecular formula is C48H42N4O. The Bertz CT molecular complexity index is 2870. The van der Waals surface area contributed by atoms with Gasteiger partial charge < -0.3 is 9.30 Å². The average molecular weight is 693 g/mol. The summed E-state index contributed by atoms with van der Waals surface area (Å²) in [7, 11) is 0. The molecule has 0 bridgehead atoms. The Labute approximate surface area is 313 Å². The summed E-state index contributed by atoms with van der Waals surface area (Å²) < 4.78 is 29.6. The highest BCUT2D eigenvalue weighted by Gasteiger charge is 2.24. The molecule has 53 heavy (non-hydrogen) atoms. The van der Waals surface area contributed by atoms with Gasteiger partial charge in [0, 0.05) is 54.4 Å². The fourth-order valence-corrected chi connectivity index (χ4v) is 7.97. The minimum Gasteiger partial charge on any atom is -0.457 e. The van der Waals surface area contributed by atoms with Gasteiger partial charge >= 0.3 is 0 Å². The van der Waals surface area contributed by atoms with Gasteiger partial charge in [0.25, 0.3) is 0 Å². The Morgan fingerprint density at radius 2 is 1.25 bits per heavy atom. The van der Waals surface area contributed by atoms with Gasteiger partial charge in [-0.1, -0.05) is 88.4 Å². The van der Waals surface area contributed by atoms with E-state index in [1.54, 1.807) is 6.20 Å². The van der Waals surface area contributed by atoms with E-state index in [1.165, 1.54) is 0 Å². The van der Waals surface area contributed by atoms with E-state index in [-0.39, 0.29) is 0 Å². The molecule has 0 aliphatic heterocycles. The quantitative estimate of drug-likeness (QED) is 0.167. The van der Waals surface area contributed by atoms with Crippen LogP contribution < -0.4 is 4.74 Å². The van der Waals surface area contributed by atoms with Gasteiger partial charge in [0.1, 0.15) is 17.3 Å². The average Bonchev–Trinajstić information content (AvgIpc) is 3.69. The molecule has 260 valence electrons. The van der Waals surface area contributed by atoms with Crippen molar-refractivity contribution in [2.75, 3.05) is 0 Å². The molecule has 5 aromatic carbocycles. The number of aromatic nitrogens is 4. The van der Waals surface area contributed by atoms with E-state index in [1.807, 2.05) is 88.5 Å². The van der Waals surface area contributed by atoms with Crippen LogP contribution in [0, 0.1) is 13.8 Å². The van der Waals surface area contributed by atoms with Crippen LogP contribution in [0.25, 0.3) is 66.4 Å². The SMILES string of the molecule is [2H]C(C)(C)c1ccc(C)c2c3c(C)ccc(C([2H])(C)C)c3n(-c3ccnc(-n4c5ccccc5c5ccc(Oc6cccc(-c7ccccn7)c6)cc54)c3)c12. The van der Waals surface area contributed by atoms with Crippen molar-refractivity contribution < 1.29 is 7.48 Å². The fraction of sp³-hybridized carbons (Fsp3) is 0.167. The maximum Gasteiger partial charge on any atom is 0.139 e. The number of pyridine rings is 2. The predicted octanol–water partition coefficient (Wildman–Crippen LogP) is 13.0. The number of para-hydroxylation sites is 1. The van der Waals surface area contributed by atoms with Gasteiger partial charge in [-0.25, -0.2) is 4.98 Å². The Hall–Kier alpha value is -6.20. The van der Waals surface area contributed by atoms with Crippen LogP contribution in [0.5, 0.6) is 11.5 Å². The first-order valence-corrected chi connectivity index (χ1v) is 18.2.